The molecule has 0 spiro atoms. The molecule has 1 atom stereocenters. The predicted molar refractivity (Wildman–Crippen MR) is 103 cm³/mol. The molecular weight excluding hydrogens is 370 g/mol. The summed E-state index contributed by atoms with van der Waals surface area (Å²) >= 11 is 0. The van der Waals surface area contributed by atoms with Gasteiger partial charge in [0, 0.05) is 12.3 Å². The fourth-order valence-corrected chi connectivity index (χ4v) is 3.47. The lowest BCUT2D eigenvalue weighted by Gasteiger charge is -2.24. The molecule has 2 rings (SSSR count). The van der Waals surface area contributed by atoms with Gasteiger partial charge in [-0.1, -0.05) is 12.1 Å². The van der Waals surface area contributed by atoms with Crippen molar-refractivity contribution in [2.24, 2.45) is 0 Å². The molecule has 27 heavy (non-hydrogen) atoms. The number of nitrogens with one attached hydrogen (secondary N) is 2. The topological polar surface area (TPSA) is 103 Å². The Hall–Kier alpha value is -2.65. The van der Waals surface area contributed by atoms with E-state index in [0.717, 1.165) is 28.5 Å². The van der Waals surface area contributed by atoms with Gasteiger partial charge in [0.1, 0.15) is 17.5 Å². The molecule has 0 aliphatic rings. The van der Waals surface area contributed by atoms with Gasteiger partial charge in [-0.3, -0.25) is 10.1 Å². The minimum absolute atomic E-state index is 0.0321. The molecule has 2 aromatic rings. The second kappa shape index (κ2) is 8.36. The number of quaternary nitrogens is 1. The van der Waals surface area contributed by atoms with E-state index in [1.807, 2.05) is 38.4 Å². The smallest absolute Gasteiger partial charge is 0.293 e. The maximum Gasteiger partial charge on any atom is 0.293 e. The Kier molecular flexibility index (Phi) is 6.40. The molecular formula is C18H24N3O5S+. The summed E-state index contributed by atoms with van der Waals surface area (Å²) in [6.07, 6.45) is 1.02. The molecule has 0 aliphatic heterocycles. The third-order valence-corrected chi connectivity index (χ3v) is 5.41. The lowest BCUT2D eigenvalue weighted by Crippen LogP contribution is -3.06. The van der Waals surface area contributed by atoms with Crippen LogP contribution in [0.4, 0.5) is 11.4 Å². The van der Waals surface area contributed by atoms with Gasteiger partial charge in [-0.25, -0.2) is 8.42 Å². The number of sulfone groups is 1. The highest BCUT2D eigenvalue weighted by molar-refractivity contribution is 7.90. The van der Waals surface area contributed by atoms with Crippen LogP contribution in [0.5, 0.6) is 5.75 Å². The second-order valence-corrected chi connectivity index (χ2v) is 8.48. The van der Waals surface area contributed by atoms with Crippen LogP contribution in [-0.2, 0) is 9.84 Å². The van der Waals surface area contributed by atoms with E-state index in [2.05, 4.69) is 5.32 Å². The maximum absolute atomic E-state index is 11.7. The quantitative estimate of drug-likeness (QED) is 0.517. The van der Waals surface area contributed by atoms with E-state index in [0.29, 0.717) is 6.54 Å². The van der Waals surface area contributed by atoms with E-state index >= 15 is 0 Å². The van der Waals surface area contributed by atoms with Crippen molar-refractivity contribution >= 4 is 21.2 Å². The summed E-state index contributed by atoms with van der Waals surface area (Å²) in [5.74, 6) is 0.743. The highest BCUT2D eigenvalue weighted by atomic mass is 32.2. The standard InChI is InChI=1S/C18H23N3O5S/c1-20(2)17(14-7-5-6-8-18(14)26-3)12-19-15-10-9-13(27(4,24)25)11-16(15)21(22)23/h5-11,17,19H,12H2,1-4H3/p+1/t17-/m1/s1. The Balaban J connectivity index is 2.34. The van der Waals surface area contributed by atoms with Crippen LogP contribution in [-0.4, -0.2) is 47.3 Å². The van der Waals surface area contributed by atoms with Gasteiger partial charge in [-0.15, -0.1) is 0 Å². The van der Waals surface area contributed by atoms with Crippen molar-refractivity contribution in [2.75, 3.05) is 39.3 Å². The number of hydrogen-bond acceptors (Lipinski definition) is 6. The normalized spacial score (nSPS) is 12.6. The fraction of sp³-hybridized carbons (Fsp3) is 0.333. The molecule has 0 saturated carbocycles. The van der Waals surface area contributed by atoms with Crippen molar-refractivity contribution in [1.29, 1.82) is 0 Å². The summed E-state index contributed by atoms with van der Waals surface area (Å²) in [7, 11) is 2.05. The summed E-state index contributed by atoms with van der Waals surface area (Å²) < 4.78 is 28.8. The third kappa shape index (κ3) is 4.95. The second-order valence-electron chi connectivity index (χ2n) is 6.46. The number of hydrogen-bond donors (Lipinski definition) is 2. The van der Waals surface area contributed by atoms with Crippen LogP contribution in [0.15, 0.2) is 47.4 Å². The first-order chi connectivity index (χ1) is 12.6. The van der Waals surface area contributed by atoms with Gasteiger partial charge in [0.05, 0.1) is 43.1 Å². The molecule has 0 heterocycles. The maximum atomic E-state index is 11.7. The SMILES string of the molecule is COc1ccccc1[C@@H](CNc1ccc(S(C)(=O)=O)cc1[N+](=O)[O-])[NH+](C)C. The molecule has 9 heteroatoms. The molecule has 2 N–H and O–H groups in total. The van der Waals surface area contributed by atoms with Crippen LogP contribution in [0, 0.1) is 10.1 Å². The van der Waals surface area contributed by atoms with E-state index in [-0.39, 0.29) is 22.3 Å². The summed E-state index contributed by atoms with van der Waals surface area (Å²) in [6, 6.07) is 11.5. The summed E-state index contributed by atoms with van der Waals surface area (Å²) in [5, 5.41) is 14.5. The molecule has 2 aromatic carbocycles. The van der Waals surface area contributed by atoms with Gasteiger partial charge in [0.2, 0.25) is 0 Å². The average molecular weight is 394 g/mol. The first-order valence-corrected chi connectivity index (χ1v) is 10.2. The number of benzene rings is 2. The number of para-hydroxylation sites is 1. The summed E-state index contributed by atoms with van der Waals surface area (Å²) in [5.41, 5.74) is 0.974. The third-order valence-electron chi connectivity index (χ3n) is 4.30. The fourth-order valence-electron chi connectivity index (χ4n) is 2.83. The number of methoxy groups -OCH3 is 1. The van der Waals surface area contributed by atoms with Crippen molar-refractivity contribution < 1.29 is 23.0 Å². The molecule has 0 saturated heterocycles. The molecule has 8 nitrogen and oxygen atoms in total. The van der Waals surface area contributed by atoms with Crippen LogP contribution >= 0.6 is 0 Å². The predicted octanol–water partition coefficient (Wildman–Crippen LogP) is 1.30. The van der Waals surface area contributed by atoms with Gasteiger partial charge in [0.15, 0.2) is 9.84 Å². The molecule has 0 bridgehead atoms. The molecule has 0 amide bonds. The highest BCUT2D eigenvalue weighted by Crippen LogP contribution is 2.29. The van der Waals surface area contributed by atoms with Gasteiger partial charge < -0.3 is 15.0 Å². The van der Waals surface area contributed by atoms with Crippen molar-refractivity contribution in [2.45, 2.75) is 10.9 Å². The molecule has 0 fully saturated rings. The van der Waals surface area contributed by atoms with E-state index in [1.165, 1.54) is 12.1 Å². The lowest BCUT2D eigenvalue weighted by atomic mass is 10.0. The number of anilines is 1. The zero-order valence-electron chi connectivity index (χ0n) is 15.7. The Morgan fingerprint density at radius 2 is 1.89 bits per heavy atom. The van der Waals surface area contributed by atoms with E-state index < -0.39 is 14.8 Å². The van der Waals surface area contributed by atoms with Crippen molar-refractivity contribution in [3.05, 3.63) is 58.1 Å². The van der Waals surface area contributed by atoms with Gasteiger partial charge >= 0.3 is 0 Å². The average Bonchev–Trinajstić information content (AvgIpc) is 2.61. The van der Waals surface area contributed by atoms with Crippen molar-refractivity contribution in [1.82, 2.24) is 0 Å². The monoisotopic (exact) mass is 394 g/mol. The van der Waals surface area contributed by atoms with Gasteiger partial charge in [-0.2, -0.15) is 0 Å². The van der Waals surface area contributed by atoms with Crippen LogP contribution in [0.25, 0.3) is 0 Å². The minimum Gasteiger partial charge on any atom is -0.496 e. The van der Waals surface area contributed by atoms with Crippen LogP contribution in [0.3, 0.4) is 0 Å². The molecule has 0 unspecified atom stereocenters. The Morgan fingerprint density at radius 1 is 1.22 bits per heavy atom. The zero-order valence-corrected chi connectivity index (χ0v) is 16.5. The summed E-state index contributed by atoms with van der Waals surface area (Å²) in [4.78, 5) is 11.8. The van der Waals surface area contributed by atoms with Crippen LogP contribution in [0.1, 0.15) is 11.6 Å². The first-order valence-electron chi connectivity index (χ1n) is 8.30. The van der Waals surface area contributed by atoms with Gasteiger partial charge in [0.25, 0.3) is 5.69 Å². The highest BCUT2D eigenvalue weighted by Gasteiger charge is 2.24. The lowest BCUT2D eigenvalue weighted by molar-refractivity contribution is -0.890. The Morgan fingerprint density at radius 3 is 2.44 bits per heavy atom. The molecule has 0 radical (unpaired) electrons. The molecule has 146 valence electrons. The minimum atomic E-state index is -3.53. The molecule has 0 aliphatic carbocycles. The zero-order chi connectivity index (χ0) is 20.2. The van der Waals surface area contributed by atoms with E-state index in [9.17, 15) is 18.5 Å². The number of likely N-dealkylation sites (N-methyl/N-ethyl adjacent to an activating group) is 1. The van der Waals surface area contributed by atoms with Gasteiger partial charge in [-0.05, 0) is 24.3 Å². The largest absolute Gasteiger partial charge is 0.496 e. The number of nitrogens with zero attached hydrogens (tertiary/aromatic N) is 1. The number of rotatable bonds is 8. The number of nitro benzene ring substituents is 1. The van der Waals surface area contributed by atoms with E-state index in [4.69, 9.17) is 4.74 Å². The van der Waals surface area contributed by atoms with Crippen LogP contribution < -0.4 is 15.0 Å². The first kappa shape index (κ1) is 20.7. The van der Waals surface area contributed by atoms with Crippen molar-refractivity contribution in [3.8, 4) is 5.75 Å². The van der Waals surface area contributed by atoms with E-state index in [1.54, 1.807) is 7.11 Å². The molecule has 0 aromatic heterocycles. The van der Waals surface area contributed by atoms with Crippen molar-refractivity contribution in [3.63, 3.8) is 0 Å². The van der Waals surface area contributed by atoms with Crippen LogP contribution in [0.2, 0.25) is 0 Å². The Labute approximate surface area is 158 Å². The summed E-state index contributed by atoms with van der Waals surface area (Å²) in [6.45, 7) is 0.405. The number of ether oxygens (including phenoxy) is 1. The number of nitro groups is 1. The Bertz CT molecular complexity index is 928.